The summed E-state index contributed by atoms with van der Waals surface area (Å²) < 4.78 is 5.95. The number of carbonyl (C=O) groups excluding carboxylic acids is 1. The van der Waals surface area contributed by atoms with Crippen LogP contribution in [0.15, 0.2) is 72.8 Å². The fourth-order valence-corrected chi connectivity index (χ4v) is 3.31. The number of amides is 2. The number of hydrogen-bond acceptors (Lipinski definition) is 4. The Bertz CT molecular complexity index is 1210. The van der Waals surface area contributed by atoms with Crippen LogP contribution in [0.3, 0.4) is 0 Å². The number of benzene rings is 3. The smallest absolute Gasteiger partial charge is 0.341 e. The van der Waals surface area contributed by atoms with E-state index >= 15 is 0 Å². The summed E-state index contributed by atoms with van der Waals surface area (Å²) >= 11 is 0. The number of carbonyl (C=O) groups is 1. The highest BCUT2D eigenvalue weighted by Crippen LogP contribution is 2.25. The second-order valence-corrected chi connectivity index (χ2v) is 7.25. The fourth-order valence-electron chi connectivity index (χ4n) is 3.31. The standard InChI is InChI=1S/C24H23N3O3/c1-16(25-24(28)27(2)29)18-7-8-20-14-22(12-10-19(20)13-18)30-15-21-11-9-17-5-3-4-6-23(17)26-21/h3-14,16,29H,15H2,1-2H3,(H,25,28). The zero-order chi connectivity index (χ0) is 21.1. The second kappa shape index (κ2) is 8.39. The van der Waals surface area contributed by atoms with E-state index in [2.05, 4.69) is 16.4 Å². The molecule has 1 unspecified atom stereocenters. The average Bonchev–Trinajstić information content (AvgIpc) is 2.76. The molecular formula is C24H23N3O3. The largest absolute Gasteiger partial charge is 0.487 e. The predicted octanol–water partition coefficient (Wildman–Crippen LogP) is 5.06. The monoisotopic (exact) mass is 401 g/mol. The minimum atomic E-state index is -0.548. The number of nitrogens with zero attached hydrogens (tertiary/aromatic N) is 2. The van der Waals surface area contributed by atoms with E-state index < -0.39 is 6.03 Å². The second-order valence-electron chi connectivity index (χ2n) is 7.25. The van der Waals surface area contributed by atoms with Gasteiger partial charge in [0.1, 0.15) is 12.4 Å². The summed E-state index contributed by atoms with van der Waals surface area (Å²) in [4.78, 5) is 16.3. The lowest BCUT2D eigenvalue weighted by Crippen LogP contribution is -2.36. The summed E-state index contributed by atoms with van der Waals surface area (Å²) in [6, 6.07) is 23.2. The first-order chi connectivity index (χ1) is 14.5. The summed E-state index contributed by atoms with van der Waals surface area (Å²) in [6.45, 7) is 2.27. The van der Waals surface area contributed by atoms with Gasteiger partial charge in [-0.2, -0.15) is 0 Å². The Morgan fingerprint density at radius 3 is 2.60 bits per heavy atom. The van der Waals surface area contributed by atoms with Crippen molar-refractivity contribution in [1.29, 1.82) is 0 Å². The molecule has 30 heavy (non-hydrogen) atoms. The maximum absolute atomic E-state index is 11.6. The van der Waals surface area contributed by atoms with E-state index in [1.165, 1.54) is 7.05 Å². The number of fused-ring (bicyclic) bond motifs is 2. The molecule has 0 saturated carbocycles. The average molecular weight is 401 g/mol. The van der Waals surface area contributed by atoms with Crippen LogP contribution in [0.25, 0.3) is 21.7 Å². The van der Waals surface area contributed by atoms with Gasteiger partial charge < -0.3 is 10.1 Å². The van der Waals surface area contributed by atoms with Crippen LogP contribution < -0.4 is 10.1 Å². The lowest BCUT2D eigenvalue weighted by atomic mass is 10.0. The van der Waals surface area contributed by atoms with Crippen LogP contribution >= 0.6 is 0 Å². The zero-order valence-corrected chi connectivity index (χ0v) is 16.9. The maximum atomic E-state index is 11.6. The molecule has 2 N–H and O–H groups in total. The lowest BCUT2D eigenvalue weighted by Gasteiger charge is -2.17. The zero-order valence-electron chi connectivity index (χ0n) is 16.9. The Kier molecular flexibility index (Phi) is 5.50. The van der Waals surface area contributed by atoms with Crippen LogP contribution in [0.1, 0.15) is 24.2 Å². The van der Waals surface area contributed by atoms with Crippen molar-refractivity contribution in [3.8, 4) is 5.75 Å². The molecule has 0 bridgehead atoms. The molecule has 2 amide bonds. The minimum absolute atomic E-state index is 0.230. The van der Waals surface area contributed by atoms with Crippen LogP contribution in [0.5, 0.6) is 5.75 Å². The molecule has 0 saturated heterocycles. The van der Waals surface area contributed by atoms with Gasteiger partial charge in [0.15, 0.2) is 0 Å². The first-order valence-corrected chi connectivity index (χ1v) is 9.74. The normalized spacial score (nSPS) is 12.0. The van der Waals surface area contributed by atoms with Gasteiger partial charge in [0.25, 0.3) is 0 Å². The van der Waals surface area contributed by atoms with E-state index in [1.54, 1.807) is 0 Å². The fraction of sp³-hybridized carbons (Fsp3) is 0.167. The molecule has 6 heteroatoms. The number of rotatable bonds is 5. The van der Waals surface area contributed by atoms with Crippen molar-refractivity contribution in [2.24, 2.45) is 0 Å². The van der Waals surface area contributed by atoms with Crippen molar-refractivity contribution in [2.45, 2.75) is 19.6 Å². The highest BCUT2D eigenvalue weighted by Gasteiger charge is 2.12. The van der Waals surface area contributed by atoms with Crippen LogP contribution in [0.2, 0.25) is 0 Å². The van der Waals surface area contributed by atoms with Gasteiger partial charge in [0, 0.05) is 12.4 Å². The molecule has 0 aliphatic rings. The van der Waals surface area contributed by atoms with E-state index in [4.69, 9.17) is 4.74 Å². The van der Waals surface area contributed by atoms with Gasteiger partial charge in [-0.25, -0.2) is 14.8 Å². The van der Waals surface area contributed by atoms with Crippen LogP contribution in [0, 0.1) is 0 Å². The molecule has 0 radical (unpaired) electrons. The summed E-state index contributed by atoms with van der Waals surface area (Å²) in [5, 5.41) is 15.7. The van der Waals surface area contributed by atoms with Crippen molar-refractivity contribution in [1.82, 2.24) is 15.4 Å². The van der Waals surface area contributed by atoms with Crippen LogP contribution in [0.4, 0.5) is 4.79 Å². The number of hydroxylamine groups is 2. The summed E-state index contributed by atoms with van der Waals surface area (Å²) in [5.41, 5.74) is 2.78. The molecule has 0 fully saturated rings. The Morgan fingerprint density at radius 2 is 1.77 bits per heavy atom. The van der Waals surface area contributed by atoms with Gasteiger partial charge in [-0.05, 0) is 53.6 Å². The van der Waals surface area contributed by atoms with Crippen LogP contribution in [-0.4, -0.2) is 28.3 Å². The molecule has 1 atom stereocenters. The van der Waals surface area contributed by atoms with Crippen molar-refractivity contribution in [3.63, 3.8) is 0 Å². The highest BCUT2D eigenvalue weighted by atomic mass is 16.5. The highest BCUT2D eigenvalue weighted by molar-refractivity contribution is 5.85. The Hall–Kier alpha value is -3.64. The van der Waals surface area contributed by atoms with Crippen molar-refractivity contribution < 1.29 is 14.7 Å². The van der Waals surface area contributed by atoms with E-state index in [9.17, 15) is 10.0 Å². The van der Waals surface area contributed by atoms with Crippen LogP contribution in [-0.2, 0) is 6.61 Å². The third-order valence-electron chi connectivity index (χ3n) is 5.01. The molecule has 3 aromatic carbocycles. The molecule has 4 rings (SSSR count). The number of nitrogens with one attached hydrogen (secondary N) is 1. The van der Waals surface area contributed by atoms with Gasteiger partial charge >= 0.3 is 6.03 Å². The Labute approximate surface area is 174 Å². The molecule has 0 aliphatic carbocycles. The number of hydrogen-bond donors (Lipinski definition) is 2. The van der Waals surface area contributed by atoms with Crippen molar-refractivity contribution in [2.75, 3.05) is 7.05 Å². The maximum Gasteiger partial charge on any atom is 0.341 e. The van der Waals surface area contributed by atoms with Gasteiger partial charge in [0.2, 0.25) is 0 Å². The molecular weight excluding hydrogens is 378 g/mol. The lowest BCUT2D eigenvalue weighted by molar-refractivity contribution is -0.0192. The van der Waals surface area contributed by atoms with E-state index in [0.29, 0.717) is 11.7 Å². The summed E-state index contributed by atoms with van der Waals surface area (Å²) in [5.74, 6) is 0.772. The molecule has 4 aromatic rings. The molecule has 1 heterocycles. The summed E-state index contributed by atoms with van der Waals surface area (Å²) in [7, 11) is 1.29. The number of ether oxygens (including phenoxy) is 1. The Morgan fingerprint density at radius 1 is 1.03 bits per heavy atom. The number of aromatic nitrogens is 1. The number of pyridine rings is 1. The number of para-hydroxylation sites is 1. The molecule has 152 valence electrons. The molecule has 0 spiro atoms. The minimum Gasteiger partial charge on any atom is -0.487 e. The SMILES string of the molecule is CC(NC(=O)N(C)O)c1ccc2cc(OCc3ccc4ccccc4n3)ccc2c1. The molecule has 1 aromatic heterocycles. The van der Waals surface area contributed by atoms with E-state index in [-0.39, 0.29) is 6.04 Å². The Balaban J connectivity index is 1.47. The van der Waals surface area contributed by atoms with E-state index in [1.807, 2.05) is 73.7 Å². The molecule has 6 nitrogen and oxygen atoms in total. The van der Waals surface area contributed by atoms with Crippen molar-refractivity contribution in [3.05, 3.63) is 84.1 Å². The topological polar surface area (TPSA) is 74.7 Å². The first-order valence-electron chi connectivity index (χ1n) is 9.74. The number of urea groups is 1. The quantitative estimate of drug-likeness (QED) is 0.362. The van der Waals surface area contributed by atoms with Gasteiger partial charge in [-0.15, -0.1) is 0 Å². The predicted molar refractivity (Wildman–Crippen MR) is 117 cm³/mol. The summed E-state index contributed by atoms with van der Waals surface area (Å²) in [6.07, 6.45) is 0. The molecule has 0 aliphatic heterocycles. The van der Waals surface area contributed by atoms with E-state index in [0.717, 1.165) is 38.7 Å². The first kappa shape index (κ1) is 19.7. The third kappa shape index (κ3) is 4.34. The van der Waals surface area contributed by atoms with Gasteiger partial charge in [-0.3, -0.25) is 5.21 Å². The van der Waals surface area contributed by atoms with Gasteiger partial charge in [-0.1, -0.05) is 42.5 Å². The third-order valence-corrected chi connectivity index (χ3v) is 5.01. The van der Waals surface area contributed by atoms with Gasteiger partial charge in [0.05, 0.1) is 17.3 Å². The van der Waals surface area contributed by atoms with Crippen molar-refractivity contribution >= 4 is 27.7 Å².